The van der Waals surface area contributed by atoms with Gasteiger partial charge in [0.1, 0.15) is 11.6 Å². The highest BCUT2D eigenvalue weighted by Gasteiger charge is 2.21. The van der Waals surface area contributed by atoms with Gasteiger partial charge < -0.3 is 19.9 Å². The zero-order valence-electron chi connectivity index (χ0n) is 15.9. The van der Waals surface area contributed by atoms with Gasteiger partial charge in [0, 0.05) is 26.1 Å². The van der Waals surface area contributed by atoms with E-state index in [1.807, 2.05) is 30.7 Å². The summed E-state index contributed by atoms with van der Waals surface area (Å²) >= 11 is 0. The lowest BCUT2D eigenvalue weighted by molar-refractivity contribution is 0.411. The molecule has 1 aromatic carbocycles. The Bertz CT molecular complexity index is 735. The molecule has 0 bridgehead atoms. The smallest absolute Gasteiger partial charge is 0.191 e. The van der Waals surface area contributed by atoms with Crippen LogP contribution in [0, 0.1) is 6.92 Å². The van der Waals surface area contributed by atoms with Crippen molar-refractivity contribution >= 4 is 5.96 Å². The van der Waals surface area contributed by atoms with Crippen LogP contribution in [0.2, 0.25) is 0 Å². The number of nitrogens with one attached hydrogen (secondary N) is 2. The molecule has 0 spiro atoms. The fourth-order valence-corrected chi connectivity index (χ4v) is 2.44. The predicted molar refractivity (Wildman–Crippen MR) is 100.0 cm³/mol. The van der Waals surface area contributed by atoms with Crippen LogP contribution in [0.25, 0.3) is 0 Å². The monoisotopic (exact) mass is 344 g/mol. The zero-order chi connectivity index (χ0) is 18.4. The zero-order valence-corrected chi connectivity index (χ0v) is 15.9. The highest BCUT2D eigenvalue weighted by atomic mass is 16.5. The maximum atomic E-state index is 5.33. The Balaban J connectivity index is 1.96. The van der Waals surface area contributed by atoms with E-state index in [-0.39, 0.29) is 5.41 Å². The summed E-state index contributed by atoms with van der Waals surface area (Å²) in [5, 5.41) is 14.9. The molecule has 2 rings (SSSR count). The van der Waals surface area contributed by atoms with E-state index in [0.717, 1.165) is 29.9 Å². The van der Waals surface area contributed by atoms with Crippen molar-refractivity contribution in [1.29, 1.82) is 0 Å². The molecule has 0 fully saturated rings. The molecule has 0 saturated carbocycles. The molecule has 0 aliphatic heterocycles. The summed E-state index contributed by atoms with van der Waals surface area (Å²) in [7, 11) is 5.40. The number of hydrogen-bond acceptors (Lipinski definition) is 4. The normalized spacial score (nSPS) is 12.2. The van der Waals surface area contributed by atoms with Crippen LogP contribution in [0.1, 0.15) is 31.1 Å². The number of aliphatic imine (C=N–C) groups is 1. The third-order valence-corrected chi connectivity index (χ3v) is 4.37. The molecule has 7 nitrogen and oxygen atoms in total. The van der Waals surface area contributed by atoms with Crippen molar-refractivity contribution in [2.75, 3.05) is 20.7 Å². The molecular formula is C18H28N6O. The van der Waals surface area contributed by atoms with Gasteiger partial charge in [-0.1, -0.05) is 26.0 Å². The predicted octanol–water partition coefficient (Wildman–Crippen LogP) is 1.77. The van der Waals surface area contributed by atoms with Gasteiger partial charge in [0.15, 0.2) is 11.8 Å². The van der Waals surface area contributed by atoms with E-state index in [0.29, 0.717) is 6.54 Å². The van der Waals surface area contributed by atoms with E-state index in [9.17, 15) is 0 Å². The number of ether oxygens (including phenoxy) is 1. The Kier molecular flexibility index (Phi) is 6.01. The summed E-state index contributed by atoms with van der Waals surface area (Å²) in [4.78, 5) is 4.28. The number of rotatable bonds is 6. The largest absolute Gasteiger partial charge is 0.497 e. The first-order valence-corrected chi connectivity index (χ1v) is 8.31. The molecule has 0 aliphatic carbocycles. The standard InChI is InChI=1S/C18H28N6O/c1-13-22-23-16(24(13)5)11-20-17(19-4)21-12-18(2,3)14-8-7-9-15(10-14)25-6/h7-10H,11-12H2,1-6H3,(H2,19,20,21). The summed E-state index contributed by atoms with van der Waals surface area (Å²) < 4.78 is 7.28. The highest BCUT2D eigenvalue weighted by molar-refractivity contribution is 5.79. The first kappa shape index (κ1) is 18.8. The number of guanidine groups is 1. The second-order valence-electron chi connectivity index (χ2n) is 6.62. The Labute approximate surface area is 149 Å². The minimum atomic E-state index is -0.0759. The van der Waals surface area contributed by atoms with Crippen molar-refractivity contribution in [3.8, 4) is 5.75 Å². The van der Waals surface area contributed by atoms with Gasteiger partial charge in [0.2, 0.25) is 0 Å². The number of benzene rings is 1. The first-order valence-electron chi connectivity index (χ1n) is 8.31. The van der Waals surface area contributed by atoms with E-state index in [1.165, 1.54) is 5.56 Å². The van der Waals surface area contributed by atoms with Crippen LogP contribution >= 0.6 is 0 Å². The van der Waals surface area contributed by atoms with Crippen molar-refractivity contribution in [2.24, 2.45) is 12.0 Å². The van der Waals surface area contributed by atoms with Gasteiger partial charge in [-0.25, -0.2) is 0 Å². The third kappa shape index (κ3) is 4.71. The lowest BCUT2D eigenvalue weighted by Crippen LogP contribution is -2.43. The molecule has 0 unspecified atom stereocenters. The number of aryl methyl sites for hydroxylation is 1. The molecule has 0 saturated heterocycles. The second-order valence-corrected chi connectivity index (χ2v) is 6.62. The number of methoxy groups -OCH3 is 1. The van der Waals surface area contributed by atoms with E-state index in [1.54, 1.807) is 14.2 Å². The Morgan fingerprint density at radius 3 is 2.64 bits per heavy atom. The number of nitrogens with zero attached hydrogens (tertiary/aromatic N) is 4. The van der Waals surface area contributed by atoms with E-state index in [2.05, 4.69) is 51.8 Å². The van der Waals surface area contributed by atoms with E-state index >= 15 is 0 Å². The molecule has 136 valence electrons. The molecule has 0 radical (unpaired) electrons. The molecule has 0 atom stereocenters. The molecule has 2 N–H and O–H groups in total. The average Bonchev–Trinajstić information content (AvgIpc) is 2.94. The van der Waals surface area contributed by atoms with Crippen LogP contribution < -0.4 is 15.4 Å². The molecule has 0 aliphatic rings. The van der Waals surface area contributed by atoms with Crippen LogP contribution in [-0.2, 0) is 19.0 Å². The molecular weight excluding hydrogens is 316 g/mol. The maximum absolute atomic E-state index is 5.33. The van der Waals surface area contributed by atoms with E-state index < -0.39 is 0 Å². The van der Waals surface area contributed by atoms with Crippen LogP contribution in [0.15, 0.2) is 29.3 Å². The van der Waals surface area contributed by atoms with Gasteiger partial charge >= 0.3 is 0 Å². The van der Waals surface area contributed by atoms with Gasteiger partial charge in [0.25, 0.3) is 0 Å². The fourth-order valence-electron chi connectivity index (χ4n) is 2.44. The average molecular weight is 344 g/mol. The lowest BCUT2D eigenvalue weighted by atomic mass is 9.84. The quantitative estimate of drug-likeness (QED) is 0.617. The molecule has 0 amide bonds. The Morgan fingerprint density at radius 1 is 1.28 bits per heavy atom. The van der Waals surface area contributed by atoms with Crippen molar-refractivity contribution in [3.05, 3.63) is 41.5 Å². The fraction of sp³-hybridized carbons (Fsp3) is 0.500. The summed E-state index contributed by atoms with van der Waals surface area (Å²) in [6, 6.07) is 8.15. The third-order valence-electron chi connectivity index (χ3n) is 4.37. The van der Waals surface area contributed by atoms with Crippen LogP contribution in [0.4, 0.5) is 0 Å². The highest BCUT2D eigenvalue weighted by Crippen LogP contribution is 2.25. The van der Waals surface area contributed by atoms with Gasteiger partial charge in [-0.3, -0.25) is 4.99 Å². The molecule has 1 aromatic heterocycles. The van der Waals surface area contributed by atoms with Crippen LogP contribution in [0.3, 0.4) is 0 Å². The van der Waals surface area contributed by atoms with Crippen molar-refractivity contribution < 1.29 is 4.74 Å². The molecule has 7 heteroatoms. The van der Waals surface area contributed by atoms with Crippen molar-refractivity contribution in [3.63, 3.8) is 0 Å². The summed E-state index contributed by atoms with van der Waals surface area (Å²) in [5.41, 5.74) is 1.13. The Hall–Kier alpha value is -2.57. The van der Waals surface area contributed by atoms with Crippen molar-refractivity contribution in [2.45, 2.75) is 32.7 Å². The summed E-state index contributed by atoms with van der Waals surface area (Å²) in [6.07, 6.45) is 0. The topological polar surface area (TPSA) is 76.4 Å². The Morgan fingerprint density at radius 2 is 2.04 bits per heavy atom. The van der Waals surface area contributed by atoms with Gasteiger partial charge in [-0.15, -0.1) is 10.2 Å². The molecule has 2 aromatic rings. The van der Waals surface area contributed by atoms with Gasteiger partial charge in [-0.05, 0) is 24.6 Å². The molecule has 1 heterocycles. The van der Waals surface area contributed by atoms with Gasteiger partial charge in [0.05, 0.1) is 13.7 Å². The van der Waals surface area contributed by atoms with Crippen molar-refractivity contribution in [1.82, 2.24) is 25.4 Å². The van der Waals surface area contributed by atoms with Gasteiger partial charge in [-0.2, -0.15) is 0 Å². The minimum absolute atomic E-state index is 0.0759. The van der Waals surface area contributed by atoms with Crippen LogP contribution in [-0.4, -0.2) is 41.4 Å². The number of hydrogen-bond donors (Lipinski definition) is 2. The minimum Gasteiger partial charge on any atom is -0.497 e. The lowest BCUT2D eigenvalue weighted by Gasteiger charge is -2.27. The second kappa shape index (κ2) is 8.00. The number of aromatic nitrogens is 3. The SMILES string of the molecule is CN=C(NCc1nnc(C)n1C)NCC(C)(C)c1cccc(OC)c1. The summed E-state index contributed by atoms with van der Waals surface area (Å²) in [5.74, 6) is 3.36. The first-order chi connectivity index (χ1) is 11.9. The maximum Gasteiger partial charge on any atom is 0.191 e. The molecule has 25 heavy (non-hydrogen) atoms. The summed E-state index contributed by atoms with van der Waals surface area (Å²) in [6.45, 7) is 7.61. The van der Waals surface area contributed by atoms with E-state index in [4.69, 9.17) is 4.74 Å². The van der Waals surface area contributed by atoms with Crippen LogP contribution in [0.5, 0.6) is 5.75 Å².